The van der Waals surface area contributed by atoms with Crippen molar-refractivity contribution in [2.24, 2.45) is 5.73 Å². The minimum Gasteiger partial charge on any atom is -0.475 e. The van der Waals surface area contributed by atoms with Crippen LogP contribution in [0.25, 0.3) is 0 Å². The summed E-state index contributed by atoms with van der Waals surface area (Å²) >= 11 is 0. The van der Waals surface area contributed by atoms with Crippen molar-refractivity contribution in [3.63, 3.8) is 0 Å². The molecule has 1 heterocycles. The lowest BCUT2D eigenvalue weighted by Gasteiger charge is -2.22. The molecule has 1 aromatic rings. The van der Waals surface area contributed by atoms with Crippen LogP contribution < -0.4 is 10.5 Å². The maximum Gasteiger partial charge on any atom is 0.343 e. The molecule has 0 saturated heterocycles. The zero-order chi connectivity index (χ0) is 13.6. The maximum atomic E-state index is 11.7. The number of esters is 1. The molecule has 0 saturated carbocycles. The van der Waals surface area contributed by atoms with Crippen molar-refractivity contribution < 1.29 is 14.3 Å². The van der Waals surface area contributed by atoms with Gasteiger partial charge in [0, 0.05) is 11.7 Å². The molecule has 5 heteroatoms. The standard InChI is InChI=1S/C13H20N2O3/c1-4-13(3,14)9-18-11-10(7-6-8-15-11)12(16)17-5-2/h6-8H,4-5,9,14H2,1-3H3. The van der Waals surface area contributed by atoms with Gasteiger partial charge in [-0.1, -0.05) is 6.92 Å². The van der Waals surface area contributed by atoms with Gasteiger partial charge < -0.3 is 15.2 Å². The molecule has 0 aliphatic carbocycles. The number of rotatable bonds is 6. The second kappa shape index (κ2) is 6.35. The first kappa shape index (κ1) is 14.4. The first-order valence-electron chi connectivity index (χ1n) is 6.04. The molecule has 100 valence electrons. The van der Waals surface area contributed by atoms with Crippen molar-refractivity contribution in [1.82, 2.24) is 4.98 Å². The number of nitrogens with zero attached hydrogens (tertiary/aromatic N) is 1. The number of carbonyl (C=O) groups excluding carboxylic acids is 1. The molecule has 0 bridgehead atoms. The van der Waals surface area contributed by atoms with Crippen molar-refractivity contribution >= 4 is 5.97 Å². The van der Waals surface area contributed by atoms with Gasteiger partial charge in [-0.15, -0.1) is 0 Å². The van der Waals surface area contributed by atoms with Crippen LogP contribution in [-0.4, -0.2) is 29.7 Å². The summed E-state index contributed by atoms with van der Waals surface area (Å²) in [4.78, 5) is 15.7. The Bertz CT molecular complexity index is 405. The molecule has 1 rings (SSSR count). The van der Waals surface area contributed by atoms with Gasteiger partial charge in [-0.3, -0.25) is 0 Å². The molecule has 1 aromatic heterocycles. The van der Waals surface area contributed by atoms with Crippen LogP contribution in [-0.2, 0) is 4.74 Å². The average molecular weight is 252 g/mol. The Kier molecular flexibility index (Phi) is 5.09. The molecule has 5 nitrogen and oxygen atoms in total. The fourth-order valence-electron chi connectivity index (χ4n) is 1.21. The zero-order valence-electron chi connectivity index (χ0n) is 11.1. The topological polar surface area (TPSA) is 74.4 Å². The van der Waals surface area contributed by atoms with E-state index in [1.54, 1.807) is 25.3 Å². The van der Waals surface area contributed by atoms with Gasteiger partial charge >= 0.3 is 5.97 Å². The molecule has 0 aliphatic heterocycles. The molecular weight excluding hydrogens is 232 g/mol. The normalized spacial score (nSPS) is 13.8. The largest absolute Gasteiger partial charge is 0.475 e. The van der Waals surface area contributed by atoms with Crippen LogP contribution in [0.15, 0.2) is 18.3 Å². The predicted octanol–water partition coefficient (Wildman–Crippen LogP) is 1.76. The fraction of sp³-hybridized carbons (Fsp3) is 0.538. The predicted molar refractivity (Wildman–Crippen MR) is 68.6 cm³/mol. The van der Waals surface area contributed by atoms with Crippen LogP contribution in [0.1, 0.15) is 37.6 Å². The van der Waals surface area contributed by atoms with E-state index in [-0.39, 0.29) is 5.88 Å². The Balaban J connectivity index is 2.79. The molecule has 18 heavy (non-hydrogen) atoms. The maximum absolute atomic E-state index is 11.7. The lowest BCUT2D eigenvalue weighted by Crippen LogP contribution is -2.41. The Morgan fingerprint density at radius 1 is 1.50 bits per heavy atom. The average Bonchev–Trinajstić information content (AvgIpc) is 2.37. The summed E-state index contributed by atoms with van der Waals surface area (Å²) < 4.78 is 10.5. The van der Waals surface area contributed by atoms with Gasteiger partial charge in [0.05, 0.1) is 6.61 Å². The minimum atomic E-state index is -0.441. The van der Waals surface area contributed by atoms with Crippen LogP contribution in [0.3, 0.4) is 0 Å². The number of ether oxygens (including phenoxy) is 2. The highest BCUT2D eigenvalue weighted by molar-refractivity contribution is 5.91. The first-order valence-corrected chi connectivity index (χ1v) is 6.04. The molecule has 0 aromatic carbocycles. The Morgan fingerprint density at radius 2 is 2.22 bits per heavy atom. The highest BCUT2D eigenvalue weighted by Crippen LogP contribution is 2.17. The van der Waals surface area contributed by atoms with Gasteiger partial charge in [-0.25, -0.2) is 9.78 Å². The molecule has 0 spiro atoms. The minimum absolute atomic E-state index is 0.265. The van der Waals surface area contributed by atoms with Crippen molar-refractivity contribution in [3.05, 3.63) is 23.9 Å². The molecule has 1 unspecified atom stereocenters. The monoisotopic (exact) mass is 252 g/mol. The summed E-state index contributed by atoms with van der Waals surface area (Å²) in [7, 11) is 0. The number of pyridine rings is 1. The van der Waals surface area contributed by atoms with E-state index >= 15 is 0 Å². The number of aromatic nitrogens is 1. The quantitative estimate of drug-likeness (QED) is 0.781. The van der Waals surface area contributed by atoms with Crippen LogP contribution in [0, 0.1) is 0 Å². The molecular formula is C13H20N2O3. The van der Waals surface area contributed by atoms with Gasteiger partial charge in [0.2, 0.25) is 5.88 Å². The highest BCUT2D eigenvalue weighted by Gasteiger charge is 2.20. The van der Waals surface area contributed by atoms with E-state index in [9.17, 15) is 4.79 Å². The lowest BCUT2D eigenvalue weighted by atomic mass is 10.0. The van der Waals surface area contributed by atoms with Gasteiger partial charge in [-0.2, -0.15) is 0 Å². The Hall–Kier alpha value is -1.62. The number of hydrogen-bond donors (Lipinski definition) is 1. The number of hydrogen-bond acceptors (Lipinski definition) is 5. The van der Waals surface area contributed by atoms with E-state index in [0.717, 1.165) is 6.42 Å². The van der Waals surface area contributed by atoms with Crippen molar-refractivity contribution in [3.8, 4) is 5.88 Å². The smallest absolute Gasteiger partial charge is 0.343 e. The van der Waals surface area contributed by atoms with Crippen molar-refractivity contribution in [1.29, 1.82) is 0 Å². The second-order valence-electron chi connectivity index (χ2n) is 4.37. The van der Waals surface area contributed by atoms with E-state index in [1.165, 1.54) is 0 Å². The third-order valence-corrected chi connectivity index (χ3v) is 2.61. The number of nitrogens with two attached hydrogens (primary N) is 1. The summed E-state index contributed by atoms with van der Waals surface area (Å²) in [6.07, 6.45) is 2.34. The molecule has 0 amide bonds. The fourth-order valence-corrected chi connectivity index (χ4v) is 1.21. The van der Waals surface area contributed by atoms with Gasteiger partial charge in [0.1, 0.15) is 12.2 Å². The molecule has 1 atom stereocenters. The third kappa shape index (κ3) is 4.00. The Labute approximate surface area is 107 Å². The molecule has 0 radical (unpaired) electrons. The van der Waals surface area contributed by atoms with Gasteiger partial charge in [0.15, 0.2) is 0 Å². The third-order valence-electron chi connectivity index (χ3n) is 2.61. The van der Waals surface area contributed by atoms with Crippen LogP contribution in [0.2, 0.25) is 0 Å². The SMILES string of the molecule is CCOC(=O)c1cccnc1OCC(C)(N)CC. The van der Waals surface area contributed by atoms with E-state index in [1.807, 2.05) is 13.8 Å². The van der Waals surface area contributed by atoms with E-state index in [0.29, 0.717) is 18.8 Å². The lowest BCUT2D eigenvalue weighted by molar-refractivity contribution is 0.0519. The summed E-state index contributed by atoms with van der Waals surface area (Å²) in [5.74, 6) is -0.170. The second-order valence-corrected chi connectivity index (χ2v) is 4.37. The number of carbonyl (C=O) groups is 1. The molecule has 0 aliphatic rings. The summed E-state index contributed by atoms with van der Waals surface area (Å²) in [5, 5.41) is 0. The molecule has 0 fully saturated rings. The zero-order valence-corrected chi connectivity index (χ0v) is 11.1. The van der Waals surface area contributed by atoms with Crippen molar-refractivity contribution in [2.75, 3.05) is 13.2 Å². The van der Waals surface area contributed by atoms with Crippen molar-refractivity contribution in [2.45, 2.75) is 32.7 Å². The van der Waals surface area contributed by atoms with Gasteiger partial charge in [-0.05, 0) is 32.4 Å². The van der Waals surface area contributed by atoms with Crippen LogP contribution in [0.4, 0.5) is 0 Å². The summed E-state index contributed by atoms with van der Waals surface area (Å²) in [6, 6.07) is 3.29. The van der Waals surface area contributed by atoms with Gasteiger partial charge in [0.25, 0.3) is 0 Å². The first-order chi connectivity index (χ1) is 8.50. The van der Waals surface area contributed by atoms with Crippen LogP contribution >= 0.6 is 0 Å². The van der Waals surface area contributed by atoms with E-state index in [2.05, 4.69) is 4.98 Å². The van der Waals surface area contributed by atoms with E-state index < -0.39 is 11.5 Å². The highest BCUT2D eigenvalue weighted by atomic mass is 16.5. The molecule has 2 N–H and O–H groups in total. The summed E-state index contributed by atoms with van der Waals surface area (Å²) in [6.45, 7) is 6.24. The summed E-state index contributed by atoms with van der Waals surface area (Å²) in [5.41, 5.74) is 5.86. The van der Waals surface area contributed by atoms with Crippen LogP contribution in [0.5, 0.6) is 5.88 Å². The van der Waals surface area contributed by atoms with E-state index in [4.69, 9.17) is 15.2 Å². The Morgan fingerprint density at radius 3 is 2.83 bits per heavy atom.